The number of hydrogen-bond acceptors (Lipinski definition) is 6. The molecule has 1 aromatic carbocycles. The summed E-state index contributed by atoms with van der Waals surface area (Å²) in [5.74, 6) is -0.297. The Morgan fingerprint density at radius 1 is 1.03 bits per heavy atom. The molecule has 0 saturated carbocycles. The van der Waals surface area contributed by atoms with E-state index in [0.29, 0.717) is 16.9 Å². The van der Waals surface area contributed by atoms with Gasteiger partial charge in [-0.3, -0.25) is 14.8 Å². The Morgan fingerprint density at radius 3 is 2.69 bits per heavy atom. The highest BCUT2D eigenvalue weighted by molar-refractivity contribution is 6.04. The Hall–Kier alpha value is -4.90. The molecule has 36 heavy (non-hydrogen) atoms. The first-order valence-electron chi connectivity index (χ1n) is 11.4. The third-order valence-electron chi connectivity index (χ3n) is 6.07. The van der Waals surface area contributed by atoms with Crippen LogP contribution in [0.5, 0.6) is 0 Å². The molecule has 1 N–H and O–H groups in total. The lowest BCUT2D eigenvalue weighted by atomic mass is 9.90. The van der Waals surface area contributed by atoms with Crippen LogP contribution in [0.2, 0.25) is 0 Å². The number of nitrogens with one attached hydrogen (secondary N) is 1. The molecule has 0 aliphatic heterocycles. The van der Waals surface area contributed by atoms with Crippen molar-refractivity contribution < 1.29 is 4.79 Å². The maximum absolute atomic E-state index is 13.0. The van der Waals surface area contributed by atoms with Gasteiger partial charge in [0.1, 0.15) is 6.33 Å². The minimum atomic E-state index is -0.796. The van der Waals surface area contributed by atoms with Gasteiger partial charge < -0.3 is 5.32 Å². The first-order chi connectivity index (χ1) is 17.4. The molecular weight excluding hydrogens is 450 g/mol. The van der Waals surface area contributed by atoms with Crippen LogP contribution in [0.15, 0.2) is 79.5 Å². The molecule has 0 spiro atoms. The van der Waals surface area contributed by atoms with Gasteiger partial charge in [0.25, 0.3) is 5.91 Å². The van der Waals surface area contributed by atoms with Crippen LogP contribution in [0.3, 0.4) is 0 Å². The van der Waals surface area contributed by atoms with Crippen molar-refractivity contribution in [3.05, 3.63) is 96.5 Å². The third kappa shape index (κ3) is 4.30. The number of carbonyl (C=O) groups excluding carboxylic acids is 1. The van der Waals surface area contributed by atoms with Gasteiger partial charge in [-0.25, -0.2) is 9.50 Å². The van der Waals surface area contributed by atoms with Crippen molar-refractivity contribution in [3.63, 3.8) is 0 Å². The van der Waals surface area contributed by atoms with Crippen molar-refractivity contribution in [1.29, 1.82) is 5.26 Å². The van der Waals surface area contributed by atoms with Crippen LogP contribution in [0, 0.1) is 18.3 Å². The summed E-state index contributed by atoms with van der Waals surface area (Å²) in [5.41, 5.74) is 6.14. The van der Waals surface area contributed by atoms with E-state index in [1.54, 1.807) is 49.2 Å². The van der Waals surface area contributed by atoms with E-state index in [2.05, 4.69) is 37.5 Å². The number of hydrogen-bond donors (Lipinski definition) is 1. The van der Waals surface area contributed by atoms with E-state index in [4.69, 9.17) is 0 Å². The molecule has 0 fully saturated rings. The standard InChI is InChI=1S/C28H23N7O/c1-18-23(19-6-4-7-20(12-19)26-24-8-5-11-35(24)33-17-32-26)14-22(15-31-18)34-27(36)21-9-10-30-25(13-21)28(2,3)16-29/h4-15,17H,1-3H3,(H,34,36). The fourth-order valence-corrected chi connectivity index (χ4v) is 3.99. The summed E-state index contributed by atoms with van der Waals surface area (Å²) in [7, 11) is 0. The highest BCUT2D eigenvalue weighted by atomic mass is 16.1. The van der Waals surface area contributed by atoms with Gasteiger partial charge >= 0.3 is 0 Å². The van der Waals surface area contributed by atoms with E-state index in [0.717, 1.165) is 33.6 Å². The van der Waals surface area contributed by atoms with Gasteiger partial charge in [0.05, 0.1) is 40.3 Å². The molecule has 0 aliphatic carbocycles. The van der Waals surface area contributed by atoms with Gasteiger partial charge in [-0.1, -0.05) is 18.2 Å². The molecule has 0 aliphatic rings. The fraction of sp³-hybridized carbons (Fsp3) is 0.143. The number of amides is 1. The van der Waals surface area contributed by atoms with Crippen molar-refractivity contribution in [1.82, 2.24) is 24.6 Å². The van der Waals surface area contributed by atoms with Crippen LogP contribution in [-0.4, -0.2) is 30.5 Å². The highest BCUT2D eigenvalue weighted by Gasteiger charge is 2.22. The fourth-order valence-electron chi connectivity index (χ4n) is 3.99. The smallest absolute Gasteiger partial charge is 0.255 e. The van der Waals surface area contributed by atoms with Crippen LogP contribution in [0.25, 0.3) is 27.9 Å². The molecular formula is C28H23N7O. The van der Waals surface area contributed by atoms with Crippen molar-refractivity contribution in [2.75, 3.05) is 5.32 Å². The Bertz CT molecular complexity index is 1650. The summed E-state index contributed by atoms with van der Waals surface area (Å²) in [6, 6.07) is 19.4. The Balaban J connectivity index is 1.46. The molecule has 5 rings (SSSR count). The lowest BCUT2D eigenvalue weighted by Gasteiger charge is -2.15. The molecule has 0 unspecified atom stereocenters. The van der Waals surface area contributed by atoms with Crippen molar-refractivity contribution in [2.45, 2.75) is 26.2 Å². The van der Waals surface area contributed by atoms with Crippen molar-refractivity contribution in [3.8, 4) is 28.5 Å². The number of nitrogens with zero attached hydrogens (tertiary/aromatic N) is 6. The van der Waals surface area contributed by atoms with Crippen LogP contribution in [0.1, 0.15) is 35.6 Å². The van der Waals surface area contributed by atoms with Crippen LogP contribution >= 0.6 is 0 Å². The Labute approximate surface area is 208 Å². The average molecular weight is 474 g/mol. The number of benzene rings is 1. The zero-order valence-corrected chi connectivity index (χ0v) is 20.1. The summed E-state index contributed by atoms with van der Waals surface area (Å²) < 4.78 is 1.79. The quantitative estimate of drug-likeness (QED) is 0.375. The second-order valence-electron chi connectivity index (χ2n) is 9.01. The molecule has 176 valence electrons. The SMILES string of the molecule is Cc1ncc(NC(=O)c2ccnc(C(C)(C)C#N)c2)cc1-c1cccc(-c2ncnn3cccc23)c1. The molecule has 5 aromatic rings. The van der Waals surface area contributed by atoms with Crippen LogP contribution in [0.4, 0.5) is 5.69 Å². The normalized spacial score (nSPS) is 11.3. The third-order valence-corrected chi connectivity index (χ3v) is 6.07. The monoisotopic (exact) mass is 473 g/mol. The summed E-state index contributed by atoms with van der Waals surface area (Å²) in [4.78, 5) is 26.3. The molecule has 8 nitrogen and oxygen atoms in total. The highest BCUT2D eigenvalue weighted by Crippen LogP contribution is 2.30. The second-order valence-corrected chi connectivity index (χ2v) is 9.01. The molecule has 0 bridgehead atoms. The summed E-state index contributed by atoms with van der Waals surface area (Å²) in [6.45, 7) is 5.47. The van der Waals surface area contributed by atoms with Gasteiger partial charge in [-0.15, -0.1) is 0 Å². The largest absolute Gasteiger partial charge is 0.321 e. The topological polar surface area (TPSA) is 109 Å². The van der Waals surface area contributed by atoms with E-state index in [-0.39, 0.29) is 5.91 Å². The zero-order chi connectivity index (χ0) is 25.3. The molecule has 1 amide bonds. The average Bonchev–Trinajstić information content (AvgIpc) is 3.39. The lowest BCUT2D eigenvalue weighted by molar-refractivity contribution is 0.102. The van der Waals surface area contributed by atoms with E-state index >= 15 is 0 Å². The second kappa shape index (κ2) is 9.04. The molecule has 8 heteroatoms. The molecule has 4 heterocycles. The maximum Gasteiger partial charge on any atom is 0.255 e. The minimum absolute atomic E-state index is 0.297. The Kier molecular flexibility index (Phi) is 5.74. The minimum Gasteiger partial charge on any atom is -0.321 e. The molecule has 0 radical (unpaired) electrons. The number of carbonyl (C=O) groups is 1. The predicted molar refractivity (Wildman–Crippen MR) is 137 cm³/mol. The number of pyridine rings is 2. The maximum atomic E-state index is 13.0. The first-order valence-corrected chi connectivity index (χ1v) is 11.4. The summed E-state index contributed by atoms with van der Waals surface area (Å²) >= 11 is 0. The van der Waals surface area contributed by atoms with E-state index in [1.807, 2.05) is 49.5 Å². The van der Waals surface area contributed by atoms with Crippen LogP contribution < -0.4 is 5.32 Å². The van der Waals surface area contributed by atoms with Gasteiger partial charge in [-0.05, 0) is 62.7 Å². The van der Waals surface area contributed by atoms with Gasteiger partial charge in [0.15, 0.2) is 0 Å². The molecule has 0 atom stereocenters. The zero-order valence-electron chi connectivity index (χ0n) is 20.1. The number of rotatable bonds is 5. The molecule has 4 aromatic heterocycles. The number of aryl methyl sites for hydroxylation is 1. The van der Waals surface area contributed by atoms with Crippen molar-refractivity contribution in [2.24, 2.45) is 0 Å². The van der Waals surface area contributed by atoms with E-state index in [9.17, 15) is 10.1 Å². The number of anilines is 1. The predicted octanol–water partition coefficient (Wildman–Crippen LogP) is 5.22. The van der Waals surface area contributed by atoms with E-state index in [1.165, 1.54) is 0 Å². The number of aromatic nitrogens is 5. The van der Waals surface area contributed by atoms with Gasteiger partial charge in [-0.2, -0.15) is 10.4 Å². The lowest BCUT2D eigenvalue weighted by Crippen LogP contribution is -2.18. The summed E-state index contributed by atoms with van der Waals surface area (Å²) in [6.07, 6.45) is 6.61. The van der Waals surface area contributed by atoms with Crippen molar-refractivity contribution >= 4 is 17.1 Å². The summed E-state index contributed by atoms with van der Waals surface area (Å²) in [5, 5.41) is 16.6. The van der Waals surface area contributed by atoms with Gasteiger partial charge in [0.2, 0.25) is 0 Å². The number of fused-ring (bicyclic) bond motifs is 1. The molecule has 0 saturated heterocycles. The van der Waals surface area contributed by atoms with Crippen LogP contribution in [-0.2, 0) is 5.41 Å². The Morgan fingerprint density at radius 2 is 1.86 bits per heavy atom. The number of nitriles is 1. The first kappa shape index (κ1) is 22.9. The van der Waals surface area contributed by atoms with Gasteiger partial charge in [0, 0.05) is 34.8 Å². The van der Waals surface area contributed by atoms with E-state index < -0.39 is 5.41 Å².